The highest BCUT2D eigenvalue weighted by Gasteiger charge is 2.39. The lowest BCUT2D eigenvalue weighted by molar-refractivity contribution is 0.508. The van der Waals surface area contributed by atoms with Gasteiger partial charge in [-0.25, -0.2) is 13.2 Å². The number of aromatic nitrogens is 4. The Morgan fingerprint density at radius 2 is 1.71 bits per heavy atom. The van der Waals surface area contributed by atoms with Crippen molar-refractivity contribution in [3.05, 3.63) is 20.8 Å². The van der Waals surface area contributed by atoms with E-state index in [0.717, 1.165) is 38.8 Å². The van der Waals surface area contributed by atoms with Gasteiger partial charge < -0.3 is 4.90 Å². The summed E-state index contributed by atoms with van der Waals surface area (Å²) in [7, 11) is -1.45. The molecule has 0 N–H and O–H groups in total. The minimum absolute atomic E-state index is 0.00928. The lowest BCUT2D eigenvalue weighted by atomic mass is 10.2. The van der Waals surface area contributed by atoms with Crippen molar-refractivity contribution < 1.29 is 8.42 Å². The average molecular weight is 410 g/mol. The van der Waals surface area contributed by atoms with Gasteiger partial charge in [-0.3, -0.25) is 18.5 Å². The third-order valence-electron chi connectivity index (χ3n) is 5.75. The first kappa shape index (κ1) is 19.2. The summed E-state index contributed by atoms with van der Waals surface area (Å²) in [6.45, 7) is 3.88. The molecule has 10 heteroatoms. The highest BCUT2D eigenvalue weighted by Crippen LogP contribution is 2.32. The molecule has 0 aromatic carbocycles. The minimum Gasteiger partial charge on any atom is -0.342 e. The molecule has 4 rings (SSSR count). The summed E-state index contributed by atoms with van der Waals surface area (Å²) >= 11 is 0. The molecule has 0 bridgehead atoms. The fourth-order valence-electron chi connectivity index (χ4n) is 4.28. The van der Waals surface area contributed by atoms with Gasteiger partial charge >= 0.3 is 5.69 Å². The van der Waals surface area contributed by atoms with Crippen LogP contribution in [0.1, 0.15) is 45.1 Å². The second-order valence-corrected chi connectivity index (χ2v) is 10.0. The number of fused-ring (bicyclic) bond motifs is 1. The van der Waals surface area contributed by atoms with E-state index in [1.807, 2.05) is 6.92 Å². The van der Waals surface area contributed by atoms with Crippen LogP contribution in [0.3, 0.4) is 0 Å². The zero-order chi connectivity index (χ0) is 20.1. The molecule has 2 aromatic heterocycles. The first-order chi connectivity index (χ1) is 13.3. The largest absolute Gasteiger partial charge is 0.342 e. The third-order valence-corrected chi connectivity index (χ3v) is 7.54. The Labute approximate surface area is 163 Å². The van der Waals surface area contributed by atoms with Crippen LogP contribution in [0.25, 0.3) is 11.2 Å². The lowest BCUT2D eigenvalue weighted by Gasteiger charge is -2.31. The van der Waals surface area contributed by atoms with E-state index in [4.69, 9.17) is 4.98 Å². The van der Waals surface area contributed by atoms with Crippen molar-refractivity contribution in [1.29, 1.82) is 0 Å². The quantitative estimate of drug-likeness (QED) is 0.735. The van der Waals surface area contributed by atoms with Crippen molar-refractivity contribution in [2.24, 2.45) is 7.05 Å². The van der Waals surface area contributed by atoms with Crippen molar-refractivity contribution >= 4 is 26.9 Å². The second-order valence-electron chi connectivity index (χ2n) is 7.88. The van der Waals surface area contributed by atoms with Crippen molar-refractivity contribution in [3.8, 4) is 0 Å². The topological polar surface area (TPSA) is 99.2 Å². The molecular formula is C18H27N5O4S. The summed E-state index contributed by atoms with van der Waals surface area (Å²) < 4.78 is 28.2. The Morgan fingerprint density at radius 1 is 1.07 bits per heavy atom. The lowest BCUT2D eigenvalue weighted by Crippen LogP contribution is -2.43. The number of aryl methyl sites for hydroxylation is 1. The van der Waals surface area contributed by atoms with Crippen molar-refractivity contribution in [1.82, 2.24) is 18.7 Å². The fraction of sp³-hybridized carbons (Fsp3) is 0.722. The van der Waals surface area contributed by atoms with Gasteiger partial charge in [0, 0.05) is 26.7 Å². The van der Waals surface area contributed by atoms with Crippen molar-refractivity contribution in [3.63, 3.8) is 0 Å². The van der Waals surface area contributed by atoms with Crippen molar-refractivity contribution in [2.75, 3.05) is 29.5 Å². The Balaban J connectivity index is 1.98. The number of imidazole rings is 1. The van der Waals surface area contributed by atoms with Gasteiger partial charge in [0.15, 0.2) is 21.0 Å². The third kappa shape index (κ3) is 3.07. The summed E-state index contributed by atoms with van der Waals surface area (Å²) in [5.74, 6) is 0.642. The molecule has 4 heterocycles. The SMILES string of the molecule is CCCn1c(=O)c2c(nc(N3CCCCCC3)n2C2CS(=O)(=O)C2)n(C)c1=O. The van der Waals surface area contributed by atoms with Gasteiger partial charge in [-0.15, -0.1) is 0 Å². The number of sulfone groups is 1. The van der Waals surface area contributed by atoms with Crippen LogP contribution in [0.2, 0.25) is 0 Å². The minimum atomic E-state index is -3.08. The van der Waals surface area contributed by atoms with Gasteiger partial charge in [-0.2, -0.15) is 4.98 Å². The van der Waals surface area contributed by atoms with E-state index in [9.17, 15) is 18.0 Å². The predicted octanol–water partition coefficient (Wildman–Crippen LogP) is 0.657. The van der Waals surface area contributed by atoms with Gasteiger partial charge in [0.25, 0.3) is 5.56 Å². The maximum atomic E-state index is 13.2. The molecule has 2 saturated heterocycles. The van der Waals surface area contributed by atoms with E-state index < -0.39 is 9.84 Å². The maximum absolute atomic E-state index is 13.2. The van der Waals surface area contributed by atoms with Gasteiger partial charge in [0.05, 0.1) is 17.5 Å². The molecule has 2 fully saturated rings. The van der Waals surface area contributed by atoms with E-state index in [1.54, 1.807) is 11.6 Å². The molecule has 2 aromatic rings. The highest BCUT2D eigenvalue weighted by atomic mass is 32.2. The first-order valence-corrected chi connectivity index (χ1v) is 11.8. The standard InChI is InChI=1S/C18H27N5O4S/c1-3-8-22-16(24)14-15(20(2)18(22)25)19-17(21-9-6-4-5-7-10-21)23(14)13-11-28(26,27)12-13/h13H,3-12H2,1-2H3. The van der Waals surface area contributed by atoms with E-state index in [0.29, 0.717) is 30.1 Å². The Morgan fingerprint density at radius 3 is 2.29 bits per heavy atom. The second kappa shape index (κ2) is 7.06. The normalized spacial score (nSPS) is 20.3. The van der Waals surface area contributed by atoms with Gasteiger partial charge in [-0.1, -0.05) is 19.8 Å². The zero-order valence-corrected chi connectivity index (χ0v) is 17.2. The van der Waals surface area contributed by atoms with Crippen LogP contribution in [0.4, 0.5) is 5.95 Å². The van der Waals surface area contributed by atoms with Crippen LogP contribution in [0.5, 0.6) is 0 Å². The molecule has 0 saturated carbocycles. The monoisotopic (exact) mass is 409 g/mol. The van der Waals surface area contributed by atoms with Crippen LogP contribution in [0.15, 0.2) is 9.59 Å². The molecule has 0 radical (unpaired) electrons. The van der Waals surface area contributed by atoms with E-state index in [1.165, 1.54) is 9.13 Å². The number of hydrogen-bond acceptors (Lipinski definition) is 6. The number of nitrogens with zero attached hydrogens (tertiary/aromatic N) is 5. The Kier molecular flexibility index (Phi) is 4.84. The highest BCUT2D eigenvalue weighted by molar-refractivity contribution is 7.92. The van der Waals surface area contributed by atoms with Crippen molar-refractivity contribution in [2.45, 2.75) is 51.6 Å². The van der Waals surface area contributed by atoms with Crippen LogP contribution < -0.4 is 16.1 Å². The van der Waals surface area contributed by atoms with Crippen LogP contribution in [-0.2, 0) is 23.4 Å². The van der Waals surface area contributed by atoms with Crippen LogP contribution >= 0.6 is 0 Å². The molecule has 0 amide bonds. The molecule has 28 heavy (non-hydrogen) atoms. The molecule has 9 nitrogen and oxygen atoms in total. The van der Waals surface area contributed by atoms with E-state index >= 15 is 0 Å². The zero-order valence-electron chi connectivity index (χ0n) is 16.4. The molecule has 0 spiro atoms. The first-order valence-electron chi connectivity index (χ1n) is 10.0. The van der Waals surface area contributed by atoms with E-state index in [2.05, 4.69) is 4.90 Å². The predicted molar refractivity (Wildman–Crippen MR) is 108 cm³/mol. The summed E-state index contributed by atoms with van der Waals surface area (Å²) in [5.41, 5.74) is -0.0777. The average Bonchev–Trinajstić information content (AvgIpc) is 2.82. The molecule has 2 aliphatic rings. The number of hydrogen-bond donors (Lipinski definition) is 0. The van der Waals surface area contributed by atoms with Gasteiger partial charge in [0.1, 0.15) is 0 Å². The molecular weight excluding hydrogens is 382 g/mol. The molecule has 0 unspecified atom stereocenters. The Bertz CT molecular complexity index is 1110. The molecule has 0 aliphatic carbocycles. The van der Waals surface area contributed by atoms with Gasteiger partial charge in [0.2, 0.25) is 5.95 Å². The van der Waals surface area contributed by atoms with Crippen LogP contribution in [0, 0.1) is 0 Å². The number of anilines is 1. The summed E-state index contributed by atoms with van der Waals surface area (Å²) in [6, 6.07) is -0.312. The Hall–Kier alpha value is -2.10. The summed E-state index contributed by atoms with van der Waals surface area (Å²) in [6.07, 6.45) is 5.02. The number of rotatable bonds is 4. The molecule has 154 valence electrons. The summed E-state index contributed by atoms with van der Waals surface area (Å²) in [5, 5.41) is 0. The van der Waals surface area contributed by atoms with Crippen LogP contribution in [-0.4, -0.2) is 51.7 Å². The summed E-state index contributed by atoms with van der Waals surface area (Å²) in [4.78, 5) is 32.7. The molecule has 0 atom stereocenters. The van der Waals surface area contributed by atoms with Gasteiger partial charge in [-0.05, 0) is 19.3 Å². The fourth-order valence-corrected chi connectivity index (χ4v) is 5.65. The maximum Gasteiger partial charge on any atom is 0.332 e. The van der Waals surface area contributed by atoms with E-state index in [-0.39, 0.29) is 28.8 Å². The molecule has 2 aliphatic heterocycles. The smallest absolute Gasteiger partial charge is 0.332 e.